The van der Waals surface area contributed by atoms with Crippen molar-refractivity contribution in [2.45, 2.75) is 19.3 Å². The molecule has 0 spiro atoms. The second-order valence-corrected chi connectivity index (χ2v) is 5.05. The summed E-state index contributed by atoms with van der Waals surface area (Å²) >= 11 is 0. The Hall–Kier alpha value is -2.70. The molecule has 0 aliphatic carbocycles. The first kappa shape index (κ1) is 16.7. The number of amides is 2. The molecular formula is C16H19N3O4. The summed E-state index contributed by atoms with van der Waals surface area (Å²) in [5.41, 5.74) is 0.450. The number of hydrogen-bond acceptors (Lipinski definition) is 5. The number of methoxy groups -OCH3 is 1. The molecule has 7 heteroatoms. The van der Waals surface area contributed by atoms with E-state index in [-0.39, 0.29) is 23.1 Å². The fourth-order valence-electron chi connectivity index (χ4n) is 2.33. The monoisotopic (exact) mass is 317 g/mol. The number of hydrazine groups is 1. The third-order valence-corrected chi connectivity index (χ3v) is 3.52. The van der Waals surface area contributed by atoms with E-state index in [4.69, 9.17) is 0 Å². The molecule has 2 heterocycles. The highest BCUT2D eigenvalue weighted by Gasteiger charge is 2.31. The van der Waals surface area contributed by atoms with Gasteiger partial charge in [0.15, 0.2) is 0 Å². The van der Waals surface area contributed by atoms with Crippen LogP contribution in [0.15, 0.2) is 31.0 Å². The second kappa shape index (κ2) is 7.53. The van der Waals surface area contributed by atoms with E-state index in [1.54, 1.807) is 6.08 Å². The number of esters is 1. The van der Waals surface area contributed by atoms with Gasteiger partial charge in [0, 0.05) is 25.7 Å². The summed E-state index contributed by atoms with van der Waals surface area (Å²) < 4.78 is 4.59. The fraction of sp³-hybridized carbons (Fsp3) is 0.375. The van der Waals surface area contributed by atoms with Crippen molar-refractivity contribution in [1.29, 1.82) is 0 Å². The summed E-state index contributed by atoms with van der Waals surface area (Å²) in [7, 11) is 1.28. The molecule has 0 bridgehead atoms. The summed E-state index contributed by atoms with van der Waals surface area (Å²) in [6.07, 6.45) is 4.59. The minimum Gasteiger partial charge on any atom is -0.465 e. The maximum absolute atomic E-state index is 12.5. The maximum atomic E-state index is 12.5. The Morgan fingerprint density at radius 3 is 2.65 bits per heavy atom. The molecule has 1 aliphatic heterocycles. The van der Waals surface area contributed by atoms with Crippen molar-refractivity contribution in [3.05, 3.63) is 42.2 Å². The number of ether oxygens (including phenoxy) is 1. The molecule has 0 aromatic carbocycles. The van der Waals surface area contributed by atoms with Crippen LogP contribution in [-0.2, 0) is 9.53 Å². The van der Waals surface area contributed by atoms with Crippen LogP contribution in [0.1, 0.15) is 40.1 Å². The molecular weight excluding hydrogens is 298 g/mol. The number of pyridine rings is 1. The van der Waals surface area contributed by atoms with E-state index in [0.717, 1.165) is 6.42 Å². The molecule has 0 N–H and O–H groups in total. The van der Waals surface area contributed by atoms with Gasteiger partial charge in [-0.1, -0.05) is 6.08 Å². The van der Waals surface area contributed by atoms with Crippen LogP contribution in [-0.4, -0.2) is 53.0 Å². The molecule has 2 amide bonds. The number of aromatic nitrogens is 1. The van der Waals surface area contributed by atoms with Crippen LogP contribution in [0.3, 0.4) is 0 Å². The van der Waals surface area contributed by atoms with Gasteiger partial charge in [0.05, 0.1) is 12.7 Å². The van der Waals surface area contributed by atoms with E-state index >= 15 is 0 Å². The zero-order valence-corrected chi connectivity index (χ0v) is 13.0. The van der Waals surface area contributed by atoms with E-state index in [1.807, 2.05) is 0 Å². The molecule has 0 atom stereocenters. The summed E-state index contributed by atoms with van der Waals surface area (Å²) in [4.78, 5) is 40.0. The Labute approximate surface area is 134 Å². The molecule has 1 aliphatic rings. The van der Waals surface area contributed by atoms with Crippen molar-refractivity contribution >= 4 is 17.8 Å². The van der Waals surface area contributed by atoms with Gasteiger partial charge in [-0.15, -0.1) is 6.58 Å². The average molecular weight is 317 g/mol. The quantitative estimate of drug-likeness (QED) is 0.606. The van der Waals surface area contributed by atoms with Gasteiger partial charge in [-0.25, -0.2) is 9.80 Å². The smallest absolute Gasteiger partial charge is 0.339 e. The predicted octanol–water partition coefficient (Wildman–Crippen LogP) is 1.42. The van der Waals surface area contributed by atoms with Crippen LogP contribution in [0.5, 0.6) is 0 Å². The van der Waals surface area contributed by atoms with E-state index in [9.17, 15) is 14.4 Å². The lowest BCUT2D eigenvalue weighted by Crippen LogP contribution is -2.45. The van der Waals surface area contributed by atoms with Gasteiger partial charge in [-0.3, -0.25) is 19.6 Å². The molecule has 1 fully saturated rings. The first-order chi connectivity index (χ1) is 11.1. The minimum absolute atomic E-state index is 0.109. The van der Waals surface area contributed by atoms with Crippen LogP contribution in [0, 0.1) is 0 Å². The predicted molar refractivity (Wildman–Crippen MR) is 82.4 cm³/mol. The van der Waals surface area contributed by atoms with E-state index < -0.39 is 5.97 Å². The highest BCUT2D eigenvalue weighted by molar-refractivity contribution is 5.95. The van der Waals surface area contributed by atoms with Crippen LogP contribution in [0.2, 0.25) is 0 Å². The fourth-order valence-corrected chi connectivity index (χ4v) is 2.33. The molecule has 0 saturated carbocycles. The van der Waals surface area contributed by atoms with E-state index in [2.05, 4.69) is 16.3 Å². The van der Waals surface area contributed by atoms with E-state index in [1.165, 1.54) is 35.5 Å². The minimum atomic E-state index is -0.515. The number of rotatable bonds is 5. The highest BCUT2D eigenvalue weighted by atomic mass is 16.5. The zero-order valence-electron chi connectivity index (χ0n) is 13.0. The standard InChI is InChI=1S/C16H19N3O4/c1-3-4-6-14(20)18-9-5-10-19(18)15(21)13-8-7-12(11-17-13)16(22)23-2/h3,7-8,11H,1,4-6,9-10H2,2H3. The van der Waals surface area contributed by atoms with Crippen molar-refractivity contribution in [3.63, 3.8) is 0 Å². The van der Waals surface area contributed by atoms with Gasteiger partial charge >= 0.3 is 5.97 Å². The summed E-state index contributed by atoms with van der Waals surface area (Å²) in [6.45, 7) is 4.58. The average Bonchev–Trinajstić information content (AvgIpc) is 3.08. The molecule has 2 rings (SSSR count). The van der Waals surface area contributed by atoms with Gasteiger partial charge < -0.3 is 4.74 Å². The van der Waals surface area contributed by atoms with Gasteiger partial charge in [0.25, 0.3) is 5.91 Å². The first-order valence-electron chi connectivity index (χ1n) is 7.36. The number of allylic oxidation sites excluding steroid dienone is 1. The van der Waals surface area contributed by atoms with Crippen LogP contribution < -0.4 is 0 Å². The largest absolute Gasteiger partial charge is 0.465 e. The molecule has 23 heavy (non-hydrogen) atoms. The topological polar surface area (TPSA) is 79.8 Å². The first-order valence-corrected chi connectivity index (χ1v) is 7.36. The molecule has 0 radical (unpaired) electrons. The summed E-state index contributed by atoms with van der Waals surface area (Å²) in [5.74, 6) is -0.980. The van der Waals surface area contributed by atoms with Gasteiger partial charge in [0.1, 0.15) is 5.69 Å². The Morgan fingerprint density at radius 1 is 1.30 bits per heavy atom. The molecule has 1 aromatic rings. The highest BCUT2D eigenvalue weighted by Crippen LogP contribution is 2.16. The van der Waals surface area contributed by atoms with Crippen molar-refractivity contribution in [2.24, 2.45) is 0 Å². The SMILES string of the molecule is C=CCCC(=O)N1CCCN1C(=O)c1ccc(C(=O)OC)cn1. The van der Waals surface area contributed by atoms with Gasteiger partial charge in [-0.05, 0) is 25.0 Å². The van der Waals surface area contributed by atoms with E-state index in [0.29, 0.717) is 25.9 Å². The number of carbonyl (C=O) groups excluding carboxylic acids is 3. The van der Waals surface area contributed by atoms with Crippen molar-refractivity contribution in [2.75, 3.05) is 20.2 Å². The molecule has 1 aromatic heterocycles. The number of nitrogens with zero attached hydrogens (tertiary/aromatic N) is 3. The third-order valence-electron chi connectivity index (χ3n) is 3.52. The lowest BCUT2D eigenvalue weighted by atomic mass is 10.2. The van der Waals surface area contributed by atoms with Crippen molar-refractivity contribution < 1.29 is 19.1 Å². The van der Waals surface area contributed by atoms with Crippen molar-refractivity contribution in [1.82, 2.24) is 15.0 Å². The maximum Gasteiger partial charge on any atom is 0.339 e. The van der Waals surface area contributed by atoms with Crippen LogP contribution in [0.4, 0.5) is 0 Å². The normalized spacial score (nSPS) is 13.8. The van der Waals surface area contributed by atoms with Crippen LogP contribution >= 0.6 is 0 Å². The second-order valence-electron chi connectivity index (χ2n) is 5.05. The molecule has 0 unspecified atom stereocenters. The van der Waals surface area contributed by atoms with Crippen LogP contribution in [0.25, 0.3) is 0 Å². The summed E-state index contributed by atoms with van der Waals surface area (Å²) in [5, 5.41) is 2.87. The summed E-state index contributed by atoms with van der Waals surface area (Å²) in [6, 6.07) is 2.94. The lowest BCUT2D eigenvalue weighted by Gasteiger charge is -2.27. The Morgan fingerprint density at radius 2 is 2.04 bits per heavy atom. The third kappa shape index (κ3) is 3.74. The Balaban J connectivity index is 2.10. The van der Waals surface area contributed by atoms with Gasteiger partial charge in [0.2, 0.25) is 5.91 Å². The molecule has 122 valence electrons. The Bertz CT molecular complexity index is 612. The Kier molecular flexibility index (Phi) is 5.46. The molecule has 1 saturated heterocycles. The number of hydrogen-bond donors (Lipinski definition) is 0. The van der Waals surface area contributed by atoms with Crippen molar-refractivity contribution in [3.8, 4) is 0 Å². The number of carbonyl (C=O) groups is 3. The van der Waals surface area contributed by atoms with Gasteiger partial charge in [-0.2, -0.15) is 0 Å². The zero-order chi connectivity index (χ0) is 16.8. The molecule has 7 nitrogen and oxygen atoms in total. The lowest BCUT2D eigenvalue weighted by molar-refractivity contribution is -0.140.